The van der Waals surface area contributed by atoms with E-state index in [0.717, 1.165) is 4.90 Å². The lowest BCUT2D eigenvalue weighted by molar-refractivity contribution is -0.134. The van der Waals surface area contributed by atoms with Gasteiger partial charge in [-0.3, -0.25) is 4.79 Å². The van der Waals surface area contributed by atoms with Crippen LogP contribution in [-0.2, 0) is 16.0 Å². The molecule has 0 aliphatic carbocycles. The van der Waals surface area contributed by atoms with Gasteiger partial charge in [-0.1, -0.05) is 12.1 Å². The fourth-order valence-corrected chi connectivity index (χ4v) is 3.25. The van der Waals surface area contributed by atoms with Crippen LogP contribution in [0.1, 0.15) is 22.8 Å². The molecule has 24 heavy (non-hydrogen) atoms. The second-order valence-corrected chi connectivity index (χ2v) is 6.60. The van der Waals surface area contributed by atoms with Gasteiger partial charge < -0.3 is 10.1 Å². The van der Waals surface area contributed by atoms with Crippen LogP contribution in [0.5, 0.6) is 0 Å². The van der Waals surface area contributed by atoms with Crippen LogP contribution in [-0.4, -0.2) is 23.7 Å². The Morgan fingerprint density at radius 2 is 2.04 bits per heavy atom. The summed E-state index contributed by atoms with van der Waals surface area (Å²) in [4.78, 5) is 25.8. The normalized spacial score (nSPS) is 19.4. The van der Waals surface area contributed by atoms with Gasteiger partial charge in [0.1, 0.15) is 5.82 Å². The molecule has 1 N–H and O–H groups in total. The standard InChI is InChI=1S/C18H16FNO3S/c1-18(17(22)20-14-5-3-4-6-15(14)24-2)10-11-9-12(19)7-8-13(11)16(21)23-18/h3-9H,10H2,1-2H3,(H,20,22). The number of carbonyl (C=O) groups is 2. The van der Waals surface area contributed by atoms with Gasteiger partial charge in [0.2, 0.25) is 0 Å². The van der Waals surface area contributed by atoms with Crippen LogP contribution in [0.4, 0.5) is 10.1 Å². The van der Waals surface area contributed by atoms with Crippen LogP contribution in [0.25, 0.3) is 0 Å². The number of nitrogens with one attached hydrogen (secondary N) is 1. The summed E-state index contributed by atoms with van der Waals surface area (Å²) >= 11 is 1.50. The van der Waals surface area contributed by atoms with Gasteiger partial charge >= 0.3 is 5.97 Å². The van der Waals surface area contributed by atoms with Gasteiger partial charge in [0.05, 0.1) is 11.3 Å². The molecule has 1 unspecified atom stereocenters. The molecule has 1 amide bonds. The second kappa shape index (κ2) is 6.28. The predicted molar refractivity (Wildman–Crippen MR) is 90.8 cm³/mol. The minimum atomic E-state index is -1.39. The summed E-state index contributed by atoms with van der Waals surface area (Å²) in [5.41, 5.74) is 0.0363. The number of thioether (sulfide) groups is 1. The van der Waals surface area contributed by atoms with Gasteiger partial charge in [-0.15, -0.1) is 11.8 Å². The number of halogens is 1. The van der Waals surface area contributed by atoms with Gasteiger partial charge in [-0.25, -0.2) is 9.18 Å². The van der Waals surface area contributed by atoms with Crippen LogP contribution in [0.3, 0.4) is 0 Å². The number of ether oxygens (including phenoxy) is 1. The molecule has 0 bridgehead atoms. The van der Waals surface area contributed by atoms with Crippen LogP contribution in [0.15, 0.2) is 47.4 Å². The van der Waals surface area contributed by atoms with Crippen molar-refractivity contribution in [2.75, 3.05) is 11.6 Å². The topological polar surface area (TPSA) is 55.4 Å². The molecule has 0 aromatic heterocycles. The van der Waals surface area contributed by atoms with E-state index in [4.69, 9.17) is 4.74 Å². The van der Waals surface area contributed by atoms with Crippen molar-refractivity contribution in [2.45, 2.75) is 23.8 Å². The molecule has 1 atom stereocenters. The van der Waals surface area contributed by atoms with E-state index < -0.39 is 23.3 Å². The number of fused-ring (bicyclic) bond motifs is 1. The molecule has 2 aromatic rings. The second-order valence-electron chi connectivity index (χ2n) is 5.75. The lowest BCUT2D eigenvalue weighted by Crippen LogP contribution is -2.49. The average molecular weight is 345 g/mol. The number of rotatable bonds is 3. The summed E-state index contributed by atoms with van der Waals surface area (Å²) in [6, 6.07) is 11.2. The van der Waals surface area contributed by atoms with Gasteiger partial charge in [-0.2, -0.15) is 0 Å². The van der Waals surface area contributed by atoms with Gasteiger partial charge in [0.15, 0.2) is 5.60 Å². The van der Waals surface area contributed by atoms with E-state index in [1.807, 2.05) is 24.5 Å². The van der Waals surface area contributed by atoms with Crippen LogP contribution >= 0.6 is 11.8 Å². The van der Waals surface area contributed by atoms with E-state index in [9.17, 15) is 14.0 Å². The van der Waals surface area contributed by atoms with E-state index in [-0.39, 0.29) is 6.42 Å². The summed E-state index contributed by atoms with van der Waals surface area (Å²) in [5.74, 6) is -1.50. The fourth-order valence-electron chi connectivity index (χ4n) is 2.70. The zero-order valence-corrected chi connectivity index (χ0v) is 14.1. The third kappa shape index (κ3) is 3.01. The quantitative estimate of drug-likeness (QED) is 0.681. The largest absolute Gasteiger partial charge is 0.445 e. The van der Waals surface area contributed by atoms with Crippen molar-refractivity contribution in [3.8, 4) is 0 Å². The van der Waals surface area contributed by atoms with Crippen LogP contribution in [0, 0.1) is 5.82 Å². The van der Waals surface area contributed by atoms with Gasteiger partial charge in [-0.05, 0) is 49.1 Å². The summed E-state index contributed by atoms with van der Waals surface area (Å²) < 4.78 is 18.8. The monoisotopic (exact) mass is 345 g/mol. The maximum absolute atomic E-state index is 13.5. The Morgan fingerprint density at radius 3 is 2.79 bits per heavy atom. The first-order chi connectivity index (χ1) is 11.4. The number of amides is 1. The van der Waals surface area contributed by atoms with Crippen molar-refractivity contribution in [1.29, 1.82) is 0 Å². The molecule has 0 radical (unpaired) electrons. The molecule has 4 nitrogen and oxygen atoms in total. The van der Waals surface area contributed by atoms with Crippen LogP contribution in [0.2, 0.25) is 0 Å². The molecule has 0 fully saturated rings. The summed E-state index contributed by atoms with van der Waals surface area (Å²) in [5, 5.41) is 2.81. The highest BCUT2D eigenvalue weighted by Gasteiger charge is 2.43. The van der Waals surface area contributed by atoms with Crippen molar-refractivity contribution in [3.05, 3.63) is 59.4 Å². The molecular formula is C18H16FNO3S. The number of esters is 1. The smallest absolute Gasteiger partial charge is 0.339 e. The minimum absolute atomic E-state index is 0.124. The third-order valence-corrected chi connectivity index (χ3v) is 4.76. The number of anilines is 1. The van der Waals surface area contributed by atoms with E-state index >= 15 is 0 Å². The maximum Gasteiger partial charge on any atom is 0.339 e. The molecule has 2 aromatic carbocycles. The van der Waals surface area contributed by atoms with Gasteiger partial charge in [0.25, 0.3) is 5.91 Å². The first-order valence-corrected chi connectivity index (χ1v) is 8.62. The molecule has 0 spiro atoms. The molecule has 0 saturated heterocycles. The zero-order valence-electron chi connectivity index (χ0n) is 13.3. The van der Waals surface area contributed by atoms with E-state index in [1.165, 1.54) is 36.9 Å². The third-order valence-electron chi connectivity index (χ3n) is 3.97. The lowest BCUT2D eigenvalue weighted by atomic mass is 9.89. The minimum Gasteiger partial charge on any atom is -0.445 e. The van der Waals surface area contributed by atoms with Crippen LogP contribution < -0.4 is 5.32 Å². The molecule has 1 heterocycles. The van der Waals surface area contributed by atoms with Gasteiger partial charge in [0, 0.05) is 11.3 Å². The van der Waals surface area contributed by atoms with Crippen molar-refractivity contribution >= 4 is 29.3 Å². The highest BCUT2D eigenvalue weighted by atomic mass is 32.2. The van der Waals surface area contributed by atoms with Crippen molar-refractivity contribution in [2.24, 2.45) is 0 Å². The Balaban J connectivity index is 1.88. The highest BCUT2D eigenvalue weighted by Crippen LogP contribution is 2.31. The molecule has 1 aliphatic rings. The Bertz CT molecular complexity index is 824. The van der Waals surface area contributed by atoms with Crippen molar-refractivity contribution in [1.82, 2.24) is 0 Å². The number of carbonyl (C=O) groups excluding carboxylic acids is 2. The van der Waals surface area contributed by atoms with E-state index in [2.05, 4.69) is 5.32 Å². The molecule has 3 rings (SSSR count). The number of cyclic esters (lactones) is 1. The number of hydrogen-bond acceptors (Lipinski definition) is 4. The molecular weight excluding hydrogens is 329 g/mol. The number of para-hydroxylation sites is 1. The molecule has 124 valence electrons. The highest BCUT2D eigenvalue weighted by molar-refractivity contribution is 7.98. The maximum atomic E-state index is 13.5. The summed E-state index contributed by atoms with van der Waals surface area (Å²) in [6.07, 6.45) is 2.03. The lowest BCUT2D eigenvalue weighted by Gasteiger charge is -2.33. The Labute approximate surface area is 143 Å². The molecule has 6 heteroatoms. The fraction of sp³-hybridized carbons (Fsp3) is 0.222. The van der Waals surface area contributed by atoms with Crippen molar-refractivity contribution in [3.63, 3.8) is 0 Å². The Morgan fingerprint density at radius 1 is 1.29 bits per heavy atom. The van der Waals surface area contributed by atoms with Crippen molar-refractivity contribution < 1.29 is 18.7 Å². The Hall–Kier alpha value is -2.34. The molecule has 1 aliphatic heterocycles. The first kappa shape index (κ1) is 16.5. The number of benzene rings is 2. The number of hydrogen-bond donors (Lipinski definition) is 1. The zero-order chi connectivity index (χ0) is 17.3. The van der Waals surface area contributed by atoms with E-state index in [0.29, 0.717) is 16.8 Å². The average Bonchev–Trinajstić information content (AvgIpc) is 2.54. The predicted octanol–water partition coefficient (Wildman–Crippen LogP) is 3.66. The van der Waals surface area contributed by atoms with E-state index in [1.54, 1.807) is 6.07 Å². The Kier molecular flexibility index (Phi) is 4.32. The first-order valence-electron chi connectivity index (χ1n) is 7.39. The molecule has 0 saturated carbocycles. The summed E-state index contributed by atoms with van der Waals surface area (Å²) in [7, 11) is 0. The SMILES string of the molecule is CSc1ccccc1NC(=O)C1(C)Cc2cc(F)ccc2C(=O)O1. The summed E-state index contributed by atoms with van der Waals surface area (Å²) in [6.45, 7) is 1.54.